The van der Waals surface area contributed by atoms with Crippen molar-refractivity contribution >= 4 is 11.0 Å². The highest BCUT2D eigenvalue weighted by Gasteiger charge is 2.23. The van der Waals surface area contributed by atoms with Crippen LogP contribution in [0.4, 0.5) is 0 Å². The number of hydrogen-bond donors (Lipinski definition) is 1. The minimum absolute atomic E-state index is 0.235. The van der Waals surface area contributed by atoms with E-state index in [4.69, 9.17) is 9.97 Å². The first-order valence-electron chi connectivity index (χ1n) is 20.0. The summed E-state index contributed by atoms with van der Waals surface area (Å²) >= 11 is 0. The van der Waals surface area contributed by atoms with Crippen molar-refractivity contribution in [2.75, 3.05) is 0 Å². The summed E-state index contributed by atoms with van der Waals surface area (Å²) < 4.78 is 2.25. The molecule has 58 heavy (non-hydrogen) atoms. The van der Waals surface area contributed by atoms with Crippen LogP contribution in [0.25, 0.3) is 83.9 Å². The molecule has 282 valence electrons. The van der Waals surface area contributed by atoms with Gasteiger partial charge in [-0.3, -0.25) is 9.55 Å². The van der Waals surface area contributed by atoms with E-state index in [0.29, 0.717) is 17.3 Å². The molecule has 9 aromatic rings. The summed E-state index contributed by atoms with van der Waals surface area (Å²) in [6, 6.07) is 59.9. The maximum absolute atomic E-state index is 11.8. The maximum Gasteiger partial charge on any atom is 0.149 e. The topological polar surface area (TPSA) is 50.9 Å². The van der Waals surface area contributed by atoms with Gasteiger partial charge < -0.3 is 5.11 Å². The van der Waals surface area contributed by atoms with E-state index < -0.39 is 0 Å². The smallest absolute Gasteiger partial charge is 0.149 e. The van der Waals surface area contributed by atoms with Gasteiger partial charge in [-0.15, -0.1) is 0 Å². The zero-order valence-corrected chi connectivity index (χ0v) is 33.3. The summed E-state index contributed by atoms with van der Waals surface area (Å²) in [5.74, 6) is 1.44. The first-order valence-corrected chi connectivity index (χ1v) is 20.0. The number of phenolic OH excluding ortho intramolecular Hbond substituents is 1. The maximum atomic E-state index is 11.8. The fourth-order valence-corrected chi connectivity index (χ4v) is 8.24. The SMILES string of the molecule is Cc1cc(C)c(O)c(-c2nc3c(-c4cc(-c5ccccc5)cc(-c5cc(-c6ccccc6)ccn5)c4)cccc3n2-c2ccc(CC(C)C)cc2-c2ccccc2)c1. The summed E-state index contributed by atoms with van der Waals surface area (Å²) in [6.45, 7) is 8.55. The van der Waals surface area contributed by atoms with E-state index >= 15 is 0 Å². The Bertz CT molecular complexity index is 2910. The van der Waals surface area contributed by atoms with Gasteiger partial charge in [0.15, 0.2) is 0 Å². The van der Waals surface area contributed by atoms with E-state index in [2.05, 4.69) is 183 Å². The molecule has 0 saturated carbocycles. The van der Waals surface area contributed by atoms with Gasteiger partial charge >= 0.3 is 0 Å². The van der Waals surface area contributed by atoms with Crippen molar-refractivity contribution in [1.82, 2.24) is 14.5 Å². The molecule has 0 aliphatic rings. The Labute approximate surface area is 340 Å². The number of benzene rings is 7. The molecular formula is C54H45N3O. The number of imidazole rings is 1. The zero-order chi connectivity index (χ0) is 39.8. The van der Waals surface area contributed by atoms with Crippen molar-refractivity contribution in [2.45, 2.75) is 34.1 Å². The minimum atomic E-state index is 0.235. The standard InChI is InChI=1S/C54H45N3O/c1-35(2)27-38-23-24-50(47(30-38)41-19-12-7-13-20-41)57-51-22-14-21-46(52(51)56-54(57)48-29-36(3)28-37(4)53(48)58)44-31-43(40-17-10-6-11-18-40)32-45(33-44)49-34-42(25-26-55-49)39-15-8-5-9-16-39/h5-26,28-35,58H,27H2,1-4H3. The Morgan fingerprint density at radius 2 is 1.19 bits per heavy atom. The lowest BCUT2D eigenvalue weighted by molar-refractivity contribution is 0.472. The molecule has 7 aromatic carbocycles. The zero-order valence-electron chi connectivity index (χ0n) is 33.3. The highest BCUT2D eigenvalue weighted by atomic mass is 16.3. The molecular weight excluding hydrogens is 707 g/mol. The summed E-state index contributed by atoms with van der Waals surface area (Å²) in [5, 5.41) is 11.8. The van der Waals surface area contributed by atoms with E-state index in [1.54, 1.807) is 0 Å². The molecule has 0 unspecified atom stereocenters. The molecule has 1 N–H and O–H groups in total. The number of para-hydroxylation sites is 1. The van der Waals surface area contributed by atoms with Crippen LogP contribution >= 0.6 is 0 Å². The molecule has 0 radical (unpaired) electrons. The number of pyridine rings is 1. The lowest BCUT2D eigenvalue weighted by Gasteiger charge is -2.18. The van der Waals surface area contributed by atoms with E-state index in [9.17, 15) is 5.11 Å². The third-order valence-corrected chi connectivity index (χ3v) is 10.9. The molecule has 0 fully saturated rings. The highest BCUT2D eigenvalue weighted by Crippen LogP contribution is 2.42. The third-order valence-electron chi connectivity index (χ3n) is 10.9. The summed E-state index contributed by atoms with van der Waals surface area (Å²) in [4.78, 5) is 10.4. The van der Waals surface area contributed by atoms with Crippen LogP contribution in [-0.4, -0.2) is 19.6 Å². The average molecular weight is 752 g/mol. The molecule has 0 aliphatic carbocycles. The molecule has 4 heteroatoms. The second-order valence-electron chi connectivity index (χ2n) is 15.7. The molecule has 0 aliphatic heterocycles. The molecule has 0 amide bonds. The second kappa shape index (κ2) is 15.5. The minimum Gasteiger partial charge on any atom is -0.507 e. The van der Waals surface area contributed by atoms with Crippen molar-refractivity contribution in [3.05, 3.63) is 193 Å². The normalized spacial score (nSPS) is 11.4. The highest BCUT2D eigenvalue weighted by molar-refractivity contribution is 5.98. The average Bonchev–Trinajstić information content (AvgIpc) is 3.65. The number of aromatic nitrogens is 3. The van der Waals surface area contributed by atoms with Gasteiger partial charge in [-0.05, 0) is 131 Å². The Balaban J connectivity index is 1.32. The number of rotatable bonds is 9. The van der Waals surface area contributed by atoms with Gasteiger partial charge in [-0.25, -0.2) is 4.98 Å². The summed E-state index contributed by atoms with van der Waals surface area (Å²) in [6.07, 6.45) is 2.87. The van der Waals surface area contributed by atoms with Gasteiger partial charge in [-0.2, -0.15) is 0 Å². The summed E-state index contributed by atoms with van der Waals surface area (Å²) in [7, 11) is 0. The number of nitrogens with zero attached hydrogens (tertiary/aromatic N) is 3. The first kappa shape index (κ1) is 36.6. The molecule has 2 aromatic heterocycles. The Morgan fingerprint density at radius 1 is 0.534 bits per heavy atom. The van der Waals surface area contributed by atoms with Gasteiger partial charge in [0.05, 0.1) is 28.0 Å². The van der Waals surface area contributed by atoms with E-state index in [0.717, 1.165) is 90.0 Å². The number of aryl methyl sites for hydroxylation is 2. The largest absolute Gasteiger partial charge is 0.507 e. The Kier molecular flexibility index (Phi) is 9.76. The van der Waals surface area contributed by atoms with E-state index in [1.807, 2.05) is 25.3 Å². The van der Waals surface area contributed by atoms with Crippen molar-refractivity contribution < 1.29 is 5.11 Å². The Hall–Kier alpha value is -7.04. The number of aromatic hydroxyl groups is 1. The first-order chi connectivity index (χ1) is 28.3. The van der Waals surface area contributed by atoms with Crippen LogP contribution < -0.4 is 0 Å². The fraction of sp³-hybridized carbons (Fsp3) is 0.111. The molecule has 2 heterocycles. The van der Waals surface area contributed by atoms with Crippen LogP contribution in [0, 0.1) is 19.8 Å². The molecule has 0 spiro atoms. The Morgan fingerprint density at radius 3 is 1.90 bits per heavy atom. The number of fused-ring (bicyclic) bond motifs is 1. The van der Waals surface area contributed by atoms with Gasteiger partial charge in [0.2, 0.25) is 0 Å². The van der Waals surface area contributed by atoms with Gasteiger partial charge in [0, 0.05) is 22.9 Å². The van der Waals surface area contributed by atoms with Gasteiger partial charge in [0.1, 0.15) is 11.6 Å². The van der Waals surface area contributed by atoms with Crippen LogP contribution in [0.2, 0.25) is 0 Å². The number of hydrogen-bond acceptors (Lipinski definition) is 3. The third kappa shape index (κ3) is 7.10. The van der Waals surface area contributed by atoms with Crippen LogP contribution in [0.1, 0.15) is 30.5 Å². The summed E-state index contributed by atoms with van der Waals surface area (Å²) in [5.41, 5.74) is 17.3. The number of phenols is 1. The molecule has 0 saturated heterocycles. The van der Waals surface area contributed by atoms with Gasteiger partial charge in [0.25, 0.3) is 0 Å². The quantitative estimate of drug-likeness (QED) is 0.160. The van der Waals surface area contributed by atoms with Crippen LogP contribution in [0.5, 0.6) is 5.75 Å². The molecule has 0 atom stereocenters. The monoisotopic (exact) mass is 751 g/mol. The van der Waals surface area contributed by atoms with E-state index in [1.165, 1.54) is 5.56 Å². The van der Waals surface area contributed by atoms with Crippen LogP contribution in [-0.2, 0) is 6.42 Å². The van der Waals surface area contributed by atoms with Crippen LogP contribution in [0.15, 0.2) is 176 Å². The van der Waals surface area contributed by atoms with Crippen LogP contribution in [0.3, 0.4) is 0 Å². The molecule has 9 rings (SSSR count). The van der Waals surface area contributed by atoms with Gasteiger partial charge in [-0.1, -0.05) is 129 Å². The van der Waals surface area contributed by atoms with Crippen molar-refractivity contribution in [3.8, 4) is 78.6 Å². The lowest BCUT2D eigenvalue weighted by atomic mass is 9.93. The lowest BCUT2D eigenvalue weighted by Crippen LogP contribution is -2.03. The molecule has 0 bridgehead atoms. The second-order valence-corrected chi connectivity index (χ2v) is 15.7. The predicted molar refractivity (Wildman–Crippen MR) is 241 cm³/mol. The van der Waals surface area contributed by atoms with Crippen molar-refractivity contribution in [1.29, 1.82) is 0 Å². The van der Waals surface area contributed by atoms with Crippen molar-refractivity contribution in [2.24, 2.45) is 5.92 Å². The molecule has 4 nitrogen and oxygen atoms in total. The van der Waals surface area contributed by atoms with Crippen molar-refractivity contribution in [3.63, 3.8) is 0 Å². The van der Waals surface area contributed by atoms with E-state index in [-0.39, 0.29) is 5.75 Å². The fourth-order valence-electron chi connectivity index (χ4n) is 8.24. The predicted octanol–water partition coefficient (Wildman–Crippen LogP) is 13.9.